The van der Waals surface area contributed by atoms with E-state index in [0.29, 0.717) is 19.8 Å². The zero-order valence-corrected chi connectivity index (χ0v) is 12.6. The largest absolute Gasteiger partial charge is 0.467 e. The Hall–Kier alpha value is -0.840. The molecule has 1 aromatic rings. The standard InChI is InChI=1S/C15H27NO3/c1-5-6-17-7-8-18-12-14-9-13(11-19-14)10-16-15(2,3)4/h9,11,16H,5-8,10,12H2,1-4H3. The van der Waals surface area contributed by atoms with Gasteiger partial charge >= 0.3 is 0 Å². The van der Waals surface area contributed by atoms with E-state index in [-0.39, 0.29) is 5.54 Å². The molecule has 0 atom stereocenters. The van der Waals surface area contributed by atoms with Crippen molar-refractivity contribution in [3.05, 3.63) is 23.7 Å². The van der Waals surface area contributed by atoms with Crippen LogP contribution >= 0.6 is 0 Å². The lowest BCUT2D eigenvalue weighted by Gasteiger charge is -2.19. The van der Waals surface area contributed by atoms with Gasteiger partial charge in [-0.15, -0.1) is 0 Å². The highest BCUT2D eigenvalue weighted by atomic mass is 16.5. The van der Waals surface area contributed by atoms with Crippen molar-refractivity contribution in [3.63, 3.8) is 0 Å². The van der Waals surface area contributed by atoms with Gasteiger partial charge in [0.05, 0.1) is 19.5 Å². The smallest absolute Gasteiger partial charge is 0.129 e. The molecule has 0 aliphatic rings. The van der Waals surface area contributed by atoms with Gasteiger partial charge in [0, 0.05) is 24.3 Å². The van der Waals surface area contributed by atoms with Crippen LogP contribution in [-0.4, -0.2) is 25.4 Å². The molecule has 0 bridgehead atoms. The molecule has 0 amide bonds. The van der Waals surface area contributed by atoms with Crippen LogP contribution < -0.4 is 5.32 Å². The van der Waals surface area contributed by atoms with E-state index in [1.54, 1.807) is 6.26 Å². The quantitative estimate of drug-likeness (QED) is 0.700. The molecule has 19 heavy (non-hydrogen) atoms. The highest BCUT2D eigenvalue weighted by Crippen LogP contribution is 2.10. The summed E-state index contributed by atoms with van der Waals surface area (Å²) in [5, 5.41) is 3.42. The number of hydrogen-bond acceptors (Lipinski definition) is 4. The zero-order chi connectivity index (χ0) is 14.1. The summed E-state index contributed by atoms with van der Waals surface area (Å²) < 4.78 is 16.3. The highest BCUT2D eigenvalue weighted by molar-refractivity contribution is 5.12. The maximum absolute atomic E-state index is 5.49. The number of ether oxygens (including phenoxy) is 2. The second kappa shape index (κ2) is 8.35. The summed E-state index contributed by atoms with van der Waals surface area (Å²) in [6.45, 7) is 11.9. The fourth-order valence-corrected chi connectivity index (χ4v) is 1.50. The van der Waals surface area contributed by atoms with Crippen LogP contribution in [0.2, 0.25) is 0 Å². The van der Waals surface area contributed by atoms with E-state index < -0.39 is 0 Å². The Morgan fingerprint density at radius 3 is 2.58 bits per heavy atom. The molecule has 0 unspecified atom stereocenters. The lowest BCUT2D eigenvalue weighted by molar-refractivity contribution is 0.0350. The van der Waals surface area contributed by atoms with Crippen LogP contribution in [0.5, 0.6) is 0 Å². The molecule has 0 aromatic carbocycles. The van der Waals surface area contributed by atoms with Crippen molar-refractivity contribution in [1.82, 2.24) is 5.32 Å². The lowest BCUT2D eigenvalue weighted by Crippen LogP contribution is -2.34. The van der Waals surface area contributed by atoms with Gasteiger partial charge < -0.3 is 19.2 Å². The molecule has 0 spiro atoms. The maximum atomic E-state index is 5.49. The van der Waals surface area contributed by atoms with Crippen LogP contribution in [0.25, 0.3) is 0 Å². The molecule has 0 saturated heterocycles. The first-order valence-corrected chi connectivity index (χ1v) is 6.98. The maximum Gasteiger partial charge on any atom is 0.129 e. The summed E-state index contributed by atoms with van der Waals surface area (Å²) in [6, 6.07) is 2.03. The van der Waals surface area contributed by atoms with Crippen molar-refractivity contribution >= 4 is 0 Å². The zero-order valence-electron chi connectivity index (χ0n) is 12.6. The van der Waals surface area contributed by atoms with Gasteiger partial charge in [-0.3, -0.25) is 0 Å². The van der Waals surface area contributed by atoms with Gasteiger partial charge in [-0.05, 0) is 33.3 Å². The number of nitrogens with one attached hydrogen (secondary N) is 1. The Morgan fingerprint density at radius 1 is 1.16 bits per heavy atom. The van der Waals surface area contributed by atoms with Gasteiger partial charge in [0.15, 0.2) is 0 Å². The van der Waals surface area contributed by atoms with Crippen LogP contribution in [0, 0.1) is 0 Å². The van der Waals surface area contributed by atoms with E-state index in [1.807, 2.05) is 6.07 Å². The average molecular weight is 269 g/mol. The molecule has 110 valence electrons. The molecule has 0 fully saturated rings. The van der Waals surface area contributed by atoms with Crippen LogP contribution in [0.4, 0.5) is 0 Å². The van der Waals surface area contributed by atoms with Crippen LogP contribution in [0.15, 0.2) is 16.7 Å². The third kappa shape index (κ3) is 8.03. The number of furan rings is 1. The molecule has 0 aliphatic heterocycles. The van der Waals surface area contributed by atoms with Gasteiger partial charge in [-0.25, -0.2) is 0 Å². The van der Waals surface area contributed by atoms with Crippen LogP contribution in [0.3, 0.4) is 0 Å². The van der Waals surface area contributed by atoms with E-state index >= 15 is 0 Å². The van der Waals surface area contributed by atoms with Crippen molar-refractivity contribution in [2.75, 3.05) is 19.8 Å². The van der Waals surface area contributed by atoms with E-state index in [9.17, 15) is 0 Å². The van der Waals surface area contributed by atoms with E-state index in [0.717, 1.165) is 30.9 Å². The van der Waals surface area contributed by atoms with Gasteiger partial charge in [0.2, 0.25) is 0 Å². The average Bonchev–Trinajstić information content (AvgIpc) is 2.78. The van der Waals surface area contributed by atoms with Crippen molar-refractivity contribution in [3.8, 4) is 0 Å². The lowest BCUT2D eigenvalue weighted by atomic mass is 10.1. The first-order valence-electron chi connectivity index (χ1n) is 6.98. The van der Waals surface area contributed by atoms with Gasteiger partial charge in [-0.2, -0.15) is 0 Å². The third-order valence-corrected chi connectivity index (χ3v) is 2.50. The minimum absolute atomic E-state index is 0.116. The number of rotatable bonds is 9. The molecule has 1 rings (SSSR count). The first-order chi connectivity index (χ1) is 9.01. The third-order valence-electron chi connectivity index (χ3n) is 2.50. The molecule has 4 nitrogen and oxygen atoms in total. The van der Waals surface area contributed by atoms with Crippen molar-refractivity contribution in [2.24, 2.45) is 0 Å². The Labute approximate surface area is 116 Å². The second-order valence-electron chi connectivity index (χ2n) is 5.69. The monoisotopic (exact) mass is 269 g/mol. The summed E-state index contributed by atoms with van der Waals surface area (Å²) in [5.41, 5.74) is 1.26. The Morgan fingerprint density at radius 2 is 1.89 bits per heavy atom. The molecule has 1 N–H and O–H groups in total. The summed E-state index contributed by atoms with van der Waals surface area (Å²) in [5.74, 6) is 0.862. The highest BCUT2D eigenvalue weighted by Gasteiger charge is 2.09. The fraction of sp³-hybridized carbons (Fsp3) is 0.733. The Bertz CT molecular complexity index is 341. The molecule has 1 aromatic heterocycles. The van der Waals surface area contributed by atoms with E-state index in [2.05, 4.69) is 33.0 Å². The second-order valence-corrected chi connectivity index (χ2v) is 5.69. The summed E-state index contributed by atoms with van der Waals surface area (Å²) in [6.07, 6.45) is 2.83. The Kier molecular flexibility index (Phi) is 7.13. The van der Waals surface area contributed by atoms with Crippen molar-refractivity contribution in [2.45, 2.75) is 52.8 Å². The van der Waals surface area contributed by atoms with E-state index in [4.69, 9.17) is 13.9 Å². The minimum Gasteiger partial charge on any atom is -0.467 e. The Balaban J connectivity index is 2.16. The molecule has 0 saturated carbocycles. The normalized spacial score (nSPS) is 12.0. The van der Waals surface area contributed by atoms with E-state index in [1.165, 1.54) is 0 Å². The van der Waals surface area contributed by atoms with Crippen molar-refractivity contribution < 1.29 is 13.9 Å². The van der Waals surface area contributed by atoms with Crippen LogP contribution in [-0.2, 0) is 22.6 Å². The molecular formula is C15H27NO3. The summed E-state index contributed by atoms with van der Waals surface area (Å²) in [4.78, 5) is 0. The molecule has 4 heteroatoms. The SMILES string of the molecule is CCCOCCOCc1cc(CNC(C)(C)C)co1. The van der Waals surface area contributed by atoms with Gasteiger partial charge in [0.25, 0.3) is 0 Å². The summed E-state index contributed by atoms with van der Waals surface area (Å²) in [7, 11) is 0. The predicted molar refractivity (Wildman–Crippen MR) is 76.1 cm³/mol. The van der Waals surface area contributed by atoms with Crippen molar-refractivity contribution in [1.29, 1.82) is 0 Å². The first kappa shape index (κ1) is 16.2. The summed E-state index contributed by atoms with van der Waals surface area (Å²) >= 11 is 0. The topological polar surface area (TPSA) is 43.6 Å². The predicted octanol–water partition coefficient (Wildman–Crippen LogP) is 3.11. The molecular weight excluding hydrogens is 242 g/mol. The van der Waals surface area contributed by atoms with Crippen LogP contribution in [0.1, 0.15) is 45.4 Å². The number of hydrogen-bond donors (Lipinski definition) is 1. The fourth-order valence-electron chi connectivity index (χ4n) is 1.50. The van der Waals surface area contributed by atoms with Gasteiger partial charge in [-0.1, -0.05) is 6.92 Å². The van der Waals surface area contributed by atoms with Gasteiger partial charge in [0.1, 0.15) is 12.4 Å². The molecule has 0 aliphatic carbocycles. The minimum atomic E-state index is 0.116. The molecule has 1 heterocycles. The molecule has 0 radical (unpaired) electrons.